The van der Waals surface area contributed by atoms with E-state index in [-0.39, 0.29) is 30.7 Å². The summed E-state index contributed by atoms with van der Waals surface area (Å²) in [5.41, 5.74) is 0.859. The molecule has 0 aliphatic carbocycles. The fourth-order valence-electron chi connectivity index (χ4n) is 3.84. The number of nitrogens with zero attached hydrogens (tertiary/aromatic N) is 1. The van der Waals surface area contributed by atoms with Crippen LogP contribution in [0.15, 0.2) is 70.7 Å². The Hall–Kier alpha value is -3.39. The monoisotopic (exact) mass is 452 g/mol. The molecule has 1 N–H and O–H groups in total. The van der Waals surface area contributed by atoms with E-state index in [2.05, 4.69) is 5.32 Å². The van der Waals surface area contributed by atoms with Crippen LogP contribution < -0.4 is 5.32 Å². The number of benzene rings is 1. The number of likely N-dealkylation sites (tertiary alicyclic amines) is 1. The molecule has 32 heavy (non-hydrogen) atoms. The number of carbonyl (C=O) groups is 3. The third-order valence-electron chi connectivity index (χ3n) is 5.40. The highest BCUT2D eigenvalue weighted by Gasteiger charge is 2.32. The van der Waals surface area contributed by atoms with Gasteiger partial charge in [0.15, 0.2) is 12.4 Å². The van der Waals surface area contributed by atoms with E-state index in [1.54, 1.807) is 22.3 Å². The van der Waals surface area contributed by atoms with Crippen molar-refractivity contribution in [3.63, 3.8) is 0 Å². The standard InChI is InChI=1S/C24H24N2O5S/c27-22(26-12-4-9-19(26)21-11-6-14-32-21)16-31-24(29)18(15-17-7-2-1-3-8-17)25-23(28)20-10-5-13-30-20/h1-3,5-8,10-11,13-14,18-19H,4,9,12,15-16H2,(H,25,28)/t18-,19?/m0/s1. The van der Waals surface area contributed by atoms with Gasteiger partial charge in [-0.2, -0.15) is 0 Å². The molecule has 3 heterocycles. The molecule has 8 heteroatoms. The summed E-state index contributed by atoms with van der Waals surface area (Å²) in [6, 6.07) is 15.5. The molecule has 7 nitrogen and oxygen atoms in total. The van der Waals surface area contributed by atoms with Crippen molar-refractivity contribution in [1.29, 1.82) is 0 Å². The molecule has 0 saturated carbocycles. The first-order chi connectivity index (χ1) is 15.6. The van der Waals surface area contributed by atoms with Crippen molar-refractivity contribution in [1.82, 2.24) is 10.2 Å². The van der Waals surface area contributed by atoms with Gasteiger partial charge in [-0.25, -0.2) is 4.79 Å². The smallest absolute Gasteiger partial charge is 0.329 e. The van der Waals surface area contributed by atoms with E-state index in [1.807, 2.05) is 47.8 Å². The number of rotatable bonds is 8. The molecule has 1 fully saturated rings. The van der Waals surface area contributed by atoms with Crippen LogP contribution in [0.3, 0.4) is 0 Å². The fraction of sp³-hybridized carbons (Fsp3) is 0.292. The van der Waals surface area contributed by atoms with Crippen LogP contribution in [-0.4, -0.2) is 41.9 Å². The van der Waals surface area contributed by atoms with Gasteiger partial charge >= 0.3 is 5.97 Å². The Bertz CT molecular complexity index is 1030. The van der Waals surface area contributed by atoms with E-state index >= 15 is 0 Å². The molecule has 2 aromatic heterocycles. The normalized spacial score (nSPS) is 16.5. The Morgan fingerprint density at radius 1 is 1.12 bits per heavy atom. The Morgan fingerprint density at radius 2 is 1.97 bits per heavy atom. The first-order valence-electron chi connectivity index (χ1n) is 10.5. The lowest BCUT2D eigenvalue weighted by Crippen LogP contribution is -2.44. The lowest BCUT2D eigenvalue weighted by molar-refractivity contribution is -0.154. The summed E-state index contributed by atoms with van der Waals surface area (Å²) >= 11 is 1.62. The van der Waals surface area contributed by atoms with E-state index in [9.17, 15) is 14.4 Å². The molecular weight excluding hydrogens is 428 g/mol. The van der Waals surface area contributed by atoms with Gasteiger partial charge in [0.2, 0.25) is 0 Å². The van der Waals surface area contributed by atoms with Gasteiger partial charge in [-0.05, 0) is 42.0 Å². The summed E-state index contributed by atoms with van der Waals surface area (Å²) in [4.78, 5) is 41.0. The third kappa shape index (κ3) is 5.26. The van der Waals surface area contributed by atoms with Gasteiger partial charge in [-0.15, -0.1) is 11.3 Å². The van der Waals surface area contributed by atoms with Crippen molar-refractivity contribution >= 4 is 29.1 Å². The Balaban J connectivity index is 1.40. The summed E-state index contributed by atoms with van der Waals surface area (Å²) in [5.74, 6) is -1.31. The maximum absolute atomic E-state index is 12.8. The molecule has 3 aromatic rings. The highest BCUT2D eigenvalue weighted by Crippen LogP contribution is 2.34. The van der Waals surface area contributed by atoms with Crippen molar-refractivity contribution in [3.8, 4) is 0 Å². The van der Waals surface area contributed by atoms with E-state index in [4.69, 9.17) is 9.15 Å². The van der Waals surface area contributed by atoms with Gasteiger partial charge < -0.3 is 19.4 Å². The predicted molar refractivity (Wildman–Crippen MR) is 119 cm³/mol. The second-order valence-corrected chi connectivity index (χ2v) is 8.54. The summed E-state index contributed by atoms with van der Waals surface area (Å²) in [7, 11) is 0. The maximum Gasteiger partial charge on any atom is 0.329 e. The van der Waals surface area contributed by atoms with Crippen LogP contribution in [-0.2, 0) is 20.7 Å². The van der Waals surface area contributed by atoms with Gasteiger partial charge in [-0.3, -0.25) is 9.59 Å². The highest BCUT2D eigenvalue weighted by atomic mass is 32.1. The minimum absolute atomic E-state index is 0.0278. The zero-order valence-electron chi connectivity index (χ0n) is 17.4. The second-order valence-electron chi connectivity index (χ2n) is 7.56. The molecule has 1 aliphatic rings. The van der Waals surface area contributed by atoms with Crippen molar-refractivity contribution < 1.29 is 23.5 Å². The first-order valence-corrected chi connectivity index (χ1v) is 11.4. The Kier molecular flexibility index (Phi) is 7.01. The van der Waals surface area contributed by atoms with Crippen molar-refractivity contribution in [2.24, 2.45) is 0 Å². The predicted octanol–water partition coefficient (Wildman–Crippen LogP) is 3.59. The lowest BCUT2D eigenvalue weighted by Gasteiger charge is -2.24. The molecule has 166 valence electrons. The molecule has 1 saturated heterocycles. The Morgan fingerprint density at radius 3 is 2.69 bits per heavy atom. The molecule has 4 rings (SSSR count). The molecule has 1 unspecified atom stereocenters. The number of nitrogens with one attached hydrogen (secondary N) is 1. The minimum atomic E-state index is -0.950. The van der Waals surface area contributed by atoms with Gasteiger partial charge in [0.25, 0.3) is 11.8 Å². The number of furan rings is 1. The van der Waals surface area contributed by atoms with Crippen LogP contribution in [0, 0.1) is 0 Å². The van der Waals surface area contributed by atoms with E-state index < -0.39 is 17.9 Å². The summed E-state index contributed by atoms with van der Waals surface area (Å²) in [6.07, 6.45) is 3.44. The minimum Gasteiger partial charge on any atom is -0.459 e. The maximum atomic E-state index is 12.8. The molecule has 2 atom stereocenters. The largest absolute Gasteiger partial charge is 0.459 e. The Labute approximate surface area is 190 Å². The number of amides is 2. The quantitative estimate of drug-likeness (QED) is 0.528. The van der Waals surface area contributed by atoms with Gasteiger partial charge in [0.05, 0.1) is 12.3 Å². The topological polar surface area (TPSA) is 88.8 Å². The zero-order chi connectivity index (χ0) is 22.3. The average molecular weight is 453 g/mol. The molecule has 1 aliphatic heterocycles. The van der Waals surface area contributed by atoms with Crippen LogP contribution in [0.25, 0.3) is 0 Å². The fourth-order valence-corrected chi connectivity index (χ4v) is 4.71. The zero-order valence-corrected chi connectivity index (χ0v) is 18.3. The first kappa shape index (κ1) is 21.8. The molecule has 0 spiro atoms. The van der Waals surface area contributed by atoms with E-state index in [0.717, 1.165) is 23.3 Å². The SMILES string of the molecule is O=C(N[C@@H](Cc1ccccc1)C(=O)OCC(=O)N1CCCC1c1cccs1)c1ccco1. The summed E-state index contributed by atoms with van der Waals surface area (Å²) in [5, 5.41) is 4.65. The number of ether oxygens (including phenoxy) is 1. The van der Waals surface area contributed by atoms with Crippen molar-refractivity contribution in [3.05, 3.63) is 82.4 Å². The van der Waals surface area contributed by atoms with Crippen molar-refractivity contribution in [2.75, 3.05) is 13.2 Å². The number of carbonyl (C=O) groups excluding carboxylic acids is 3. The number of esters is 1. The van der Waals surface area contributed by atoms with Crippen LogP contribution in [0.2, 0.25) is 0 Å². The molecule has 1 aromatic carbocycles. The highest BCUT2D eigenvalue weighted by molar-refractivity contribution is 7.10. The van der Waals surface area contributed by atoms with E-state index in [1.165, 1.54) is 12.3 Å². The van der Waals surface area contributed by atoms with Crippen LogP contribution in [0.4, 0.5) is 0 Å². The van der Waals surface area contributed by atoms with Gasteiger partial charge in [0, 0.05) is 17.8 Å². The summed E-state index contributed by atoms with van der Waals surface area (Å²) < 4.78 is 10.5. The molecule has 0 radical (unpaired) electrons. The summed E-state index contributed by atoms with van der Waals surface area (Å²) in [6.45, 7) is 0.282. The number of hydrogen-bond acceptors (Lipinski definition) is 6. The van der Waals surface area contributed by atoms with E-state index in [0.29, 0.717) is 6.54 Å². The average Bonchev–Trinajstić information content (AvgIpc) is 3.58. The molecular formula is C24H24N2O5S. The van der Waals surface area contributed by atoms with Crippen LogP contribution in [0.1, 0.15) is 39.9 Å². The van der Waals surface area contributed by atoms with Gasteiger partial charge in [0.1, 0.15) is 6.04 Å². The van der Waals surface area contributed by atoms with Gasteiger partial charge in [-0.1, -0.05) is 36.4 Å². The molecule has 0 bridgehead atoms. The van der Waals surface area contributed by atoms with Crippen molar-refractivity contribution in [2.45, 2.75) is 31.3 Å². The molecule has 2 amide bonds. The third-order valence-corrected chi connectivity index (χ3v) is 6.37. The number of thiophene rings is 1. The second kappa shape index (κ2) is 10.3. The van der Waals surface area contributed by atoms with Crippen LogP contribution >= 0.6 is 11.3 Å². The number of hydrogen-bond donors (Lipinski definition) is 1. The lowest BCUT2D eigenvalue weighted by atomic mass is 10.1. The van der Waals surface area contributed by atoms with Crippen LogP contribution in [0.5, 0.6) is 0 Å².